The van der Waals surface area contributed by atoms with Crippen molar-refractivity contribution in [3.63, 3.8) is 0 Å². The molecule has 3 heterocycles. The Kier molecular flexibility index (Phi) is 9.20. The van der Waals surface area contributed by atoms with E-state index in [1.807, 2.05) is 6.20 Å². The number of fused-ring (bicyclic) bond motifs is 3. The van der Waals surface area contributed by atoms with Gasteiger partial charge in [0, 0.05) is 46.3 Å². The van der Waals surface area contributed by atoms with E-state index in [0.717, 1.165) is 46.2 Å². The zero-order chi connectivity index (χ0) is 36.2. The topological polar surface area (TPSA) is 44.9 Å². The maximum absolute atomic E-state index is 6.82. The molecule has 0 saturated carbocycles. The van der Waals surface area contributed by atoms with Gasteiger partial charge in [-0.15, -0.1) is 0 Å². The van der Waals surface area contributed by atoms with E-state index < -0.39 is 0 Å². The van der Waals surface area contributed by atoms with Crippen LogP contribution in [0.15, 0.2) is 90.6 Å². The van der Waals surface area contributed by atoms with E-state index in [2.05, 4.69) is 157 Å². The molecule has 0 aliphatic heterocycles. The number of aromatic nitrogens is 4. The lowest BCUT2D eigenvalue weighted by molar-refractivity contribution is 0.297. The number of benzene rings is 3. The van der Waals surface area contributed by atoms with Crippen molar-refractivity contribution < 1.29 is 4.74 Å². The Balaban J connectivity index is 1.34. The van der Waals surface area contributed by atoms with Crippen LogP contribution in [0.4, 0.5) is 0 Å². The molecule has 2 atom stereocenters. The van der Waals surface area contributed by atoms with Gasteiger partial charge in [0.05, 0.1) is 22.4 Å². The number of hydrogen-bond donors (Lipinski definition) is 0. The Bertz CT molecular complexity index is 2260. The molecule has 0 amide bonds. The van der Waals surface area contributed by atoms with Crippen molar-refractivity contribution in [2.45, 2.75) is 99.8 Å². The molecule has 1 aliphatic rings. The number of pyridine rings is 1. The molecular formula is C46H54N4O. The summed E-state index contributed by atoms with van der Waals surface area (Å²) in [5, 5.41) is 7.64. The van der Waals surface area contributed by atoms with Crippen LogP contribution in [-0.2, 0) is 11.8 Å². The average molecular weight is 679 g/mol. The van der Waals surface area contributed by atoms with Gasteiger partial charge in [0.2, 0.25) is 0 Å². The molecule has 0 bridgehead atoms. The fourth-order valence-corrected chi connectivity index (χ4v) is 8.43. The Morgan fingerprint density at radius 2 is 1.63 bits per heavy atom. The summed E-state index contributed by atoms with van der Waals surface area (Å²) in [4.78, 5) is 4.82. The van der Waals surface area contributed by atoms with Crippen LogP contribution in [0.2, 0.25) is 0 Å². The lowest BCUT2D eigenvalue weighted by Gasteiger charge is -2.37. The molecule has 1 unspecified atom stereocenters. The minimum Gasteiger partial charge on any atom is -0.457 e. The van der Waals surface area contributed by atoms with Crippen LogP contribution in [0, 0.1) is 31.6 Å². The molecule has 3 aromatic heterocycles. The van der Waals surface area contributed by atoms with Crippen molar-refractivity contribution in [3.8, 4) is 23.0 Å². The average Bonchev–Trinajstić information content (AvgIpc) is 3.59. The lowest BCUT2D eigenvalue weighted by Crippen LogP contribution is -2.26. The number of aryl methyl sites for hydroxylation is 2. The first-order valence-corrected chi connectivity index (χ1v) is 18.9. The lowest BCUT2D eigenvalue weighted by atomic mass is 9.67. The second-order valence-electron chi connectivity index (χ2n) is 16.3. The second kappa shape index (κ2) is 13.5. The van der Waals surface area contributed by atoms with Gasteiger partial charge in [0.1, 0.15) is 17.3 Å². The third-order valence-corrected chi connectivity index (χ3v) is 11.2. The number of allylic oxidation sites excluding steroid dienone is 2. The van der Waals surface area contributed by atoms with Gasteiger partial charge in [0.25, 0.3) is 0 Å². The summed E-state index contributed by atoms with van der Waals surface area (Å²) in [6, 6.07) is 25.9. The molecule has 264 valence electrons. The second-order valence-corrected chi connectivity index (χ2v) is 16.3. The van der Waals surface area contributed by atoms with Gasteiger partial charge in [-0.1, -0.05) is 85.2 Å². The number of ether oxygens (including phenoxy) is 1. The highest BCUT2D eigenvalue weighted by molar-refractivity contribution is 6.09. The number of hydrogen-bond acceptors (Lipinski definition) is 3. The molecule has 5 heteroatoms. The van der Waals surface area contributed by atoms with E-state index in [9.17, 15) is 0 Å². The molecule has 0 saturated heterocycles. The third kappa shape index (κ3) is 6.41. The van der Waals surface area contributed by atoms with E-state index in [-0.39, 0.29) is 5.41 Å². The van der Waals surface area contributed by atoms with Crippen LogP contribution in [0.3, 0.4) is 0 Å². The number of nitrogens with zero attached hydrogens (tertiary/aromatic N) is 4. The molecule has 1 aliphatic carbocycles. The molecule has 0 N–H and O–H groups in total. The first-order valence-electron chi connectivity index (χ1n) is 18.9. The van der Waals surface area contributed by atoms with E-state index in [4.69, 9.17) is 14.8 Å². The summed E-state index contributed by atoms with van der Waals surface area (Å²) in [6.07, 6.45) is 7.78. The largest absolute Gasteiger partial charge is 0.457 e. The van der Waals surface area contributed by atoms with Gasteiger partial charge < -0.3 is 4.74 Å². The van der Waals surface area contributed by atoms with E-state index in [0.29, 0.717) is 23.7 Å². The summed E-state index contributed by atoms with van der Waals surface area (Å²) in [5.41, 5.74) is 10.9. The SMILES string of the molecule is CCc1ccnc(-n2c3ccccc3c3ccc(Oc4cc(-n5nc(C)c(C6C(C(C)C)=CCC[C@@H]6C(C)C)c5C)cc(C(C)(C)C)c4)cc32)c1. The zero-order valence-electron chi connectivity index (χ0n) is 32.2. The molecular weight excluding hydrogens is 625 g/mol. The maximum atomic E-state index is 6.82. The predicted molar refractivity (Wildman–Crippen MR) is 213 cm³/mol. The normalized spacial score (nSPS) is 16.8. The van der Waals surface area contributed by atoms with Gasteiger partial charge in [-0.3, -0.25) is 4.57 Å². The Labute approximate surface area is 304 Å². The molecule has 0 fully saturated rings. The third-order valence-electron chi connectivity index (χ3n) is 11.2. The minimum absolute atomic E-state index is 0.0843. The van der Waals surface area contributed by atoms with Crippen molar-refractivity contribution in [3.05, 3.63) is 119 Å². The molecule has 3 aromatic carbocycles. The summed E-state index contributed by atoms with van der Waals surface area (Å²) in [5.74, 6) is 4.62. The standard InChI is InChI=1S/C46H54N4O/c1-11-32-21-22-47-43(23-32)49-41-18-13-12-15-39(41)40-20-19-35(27-42(40)49)51-36-25-33(46(8,9)10)24-34(26-36)50-31(7)44(30(6)48-50)45-37(28(2)3)16-14-17-38(45)29(4)5/h12-13,15-16,18-29,38,45H,11,14,17H2,1-10H3/t38-,45?/m1/s1. The molecule has 6 aromatic rings. The summed E-state index contributed by atoms with van der Waals surface area (Å²) in [7, 11) is 0. The highest BCUT2D eigenvalue weighted by atomic mass is 16.5. The van der Waals surface area contributed by atoms with Crippen molar-refractivity contribution in [1.82, 2.24) is 19.3 Å². The summed E-state index contributed by atoms with van der Waals surface area (Å²) in [6.45, 7) is 22.9. The molecule has 7 rings (SSSR count). The molecule has 51 heavy (non-hydrogen) atoms. The van der Waals surface area contributed by atoms with E-state index in [1.165, 1.54) is 46.0 Å². The maximum Gasteiger partial charge on any atom is 0.137 e. The van der Waals surface area contributed by atoms with Crippen molar-refractivity contribution in [2.24, 2.45) is 17.8 Å². The van der Waals surface area contributed by atoms with Crippen LogP contribution < -0.4 is 4.74 Å². The Morgan fingerprint density at radius 1 is 0.863 bits per heavy atom. The van der Waals surface area contributed by atoms with Crippen LogP contribution in [0.25, 0.3) is 33.3 Å². The van der Waals surface area contributed by atoms with Gasteiger partial charge in [0.15, 0.2) is 0 Å². The highest BCUT2D eigenvalue weighted by Crippen LogP contribution is 2.47. The van der Waals surface area contributed by atoms with Crippen LogP contribution in [0.1, 0.15) is 102 Å². The smallest absolute Gasteiger partial charge is 0.137 e. The van der Waals surface area contributed by atoms with Crippen molar-refractivity contribution >= 4 is 21.8 Å². The fourth-order valence-electron chi connectivity index (χ4n) is 8.43. The number of rotatable bonds is 8. The molecule has 0 radical (unpaired) electrons. The minimum atomic E-state index is -0.0843. The van der Waals surface area contributed by atoms with Gasteiger partial charge in [-0.2, -0.15) is 5.10 Å². The van der Waals surface area contributed by atoms with Crippen LogP contribution in [-0.4, -0.2) is 19.3 Å². The van der Waals surface area contributed by atoms with Gasteiger partial charge >= 0.3 is 0 Å². The van der Waals surface area contributed by atoms with Crippen LogP contribution >= 0.6 is 0 Å². The van der Waals surface area contributed by atoms with Crippen LogP contribution in [0.5, 0.6) is 11.5 Å². The van der Waals surface area contributed by atoms with E-state index in [1.54, 1.807) is 5.57 Å². The van der Waals surface area contributed by atoms with Gasteiger partial charge in [-0.25, -0.2) is 9.67 Å². The van der Waals surface area contributed by atoms with Gasteiger partial charge in [-0.05, 0) is 110 Å². The Hall–Kier alpha value is -4.64. The number of para-hydroxylation sites is 1. The fraction of sp³-hybridized carbons (Fsp3) is 0.391. The Morgan fingerprint density at radius 3 is 2.35 bits per heavy atom. The predicted octanol–water partition coefficient (Wildman–Crippen LogP) is 12.4. The highest BCUT2D eigenvalue weighted by Gasteiger charge is 2.36. The first kappa shape index (κ1) is 34.8. The summed E-state index contributed by atoms with van der Waals surface area (Å²) < 4.78 is 11.3. The van der Waals surface area contributed by atoms with E-state index >= 15 is 0 Å². The monoisotopic (exact) mass is 678 g/mol. The quantitative estimate of drug-likeness (QED) is 0.151. The zero-order valence-corrected chi connectivity index (χ0v) is 32.2. The van der Waals surface area contributed by atoms with Crippen molar-refractivity contribution in [2.75, 3.05) is 0 Å². The molecule has 5 nitrogen and oxygen atoms in total. The van der Waals surface area contributed by atoms with Crippen molar-refractivity contribution in [1.29, 1.82) is 0 Å². The summed E-state index contributed by atoms with van der Waals surface area (Å²) >= 11 is 0. The first-order chi connectivity index (χ1) is 24.3. The molecule has 0 spiro atoms.